The molecule has 0 radical (unpaired) electrons. The molecular formula is C7H12O2. The van der Waals surface area contributed by atoms with Crippen LogP contribution in [0.3, 0.4) is 0 Å². The highest BCUT2D eigenvalue weighted by atomic mass is 16.5. The lowest BCUT2D eigenvalue weighted by molar-refractivity contribution is 0.0738. The lowest BCUT2D eigenvalue weighted by atomic mass is 10.4. The zero-order valence-electron chi connectivity index (χ0n) is 5.67. The van der Waals surface area contributed by atoms with E-state index in [1.165, 1.54) is 6.26 Å². The van der Waals surface area contributed by atoms with Crippen LogP contribution < -0.4 is 0 Å². The number of ether oxygens (including phenoxy) is 2. The van der Waals surface area contributed by atoms with Crippen LogP contribution in [0.15, 0.2) is 25.5 Å². The molecule has 52 valence electrons. The van der Waals surface area contributed by atoms with E-state index in [1.54, 1.807) is 13.2 Å². The summed E-state index contributed by atoms with van der Waals surface area (Å²) >= 11 is 0. The third-order valence-corrected chi connectivity index (χ3v) is 0.944. The normalized spacial score (nSPS) is 12.1. The minimum Gasteiger partial charge on any atom is -0.499 e. The van der Waals surface area contributed by atoms with Crippen molar-refractivity contribution in [2.75, 3.05) is 13.7 Å². The van der Waals surface area contributed by atoms with Crippen molar-refractivity contribution in [3.63, 3.8) is 0 Å². The van der Waals surface area contributed by atoms with E-state index in [-0.39, 0.29) is 6.10 Å². The molecule has 9 heavy (non-hydrogen) atoms. The van der Waals surface area contributed by atoms with E-state index < -0.39 is 0 Å². The molecular weight excluding hydrogens is 116 g/mol. The van der Waals surface area contributed by atoms with E-state index in [1.807, 2.05) is 0 Å². The first kappa shape index (κ1) is 8.24. The molecule has 0 aromatic rings. The van der Waals surface area contributed by atoms with Gasteiger partial charge in [0, 0.05) is 7.11 Å². The number of methoxy groups -OCH3 is 1. The molecule has 0 saturated carbocycles. The van der Waals surface area contributed by atoms with Crippen LogP contribution in [0.4, 0.5) is 0 Å². The van der Waals surface area contributed by atoms with E-state index in [9.17, 15) is 0 Å². The Labute approximate surface area is 55.8 Å². The van der Waals surface area contributed by atoms with Crippen LogP contribution >= 0.6 is 0 Å². The molecule has 0 fully saturated rings. The lowest BCUT2D eigenvalue weighted by Crippen LogP contribution is -2.12. The average molecular weight is 128 g/mol. The second-order valence-corrected chi connectivity index (χ2v) is 1.51. The van der Waals surface area contributed by atoms with Crippen molar-refractivity contribution < 1.29 is 9.47 Å². The van der Waals surface area contributed by atoms with Gasteiger partial charge >= 0.3 is 0 Å². The van der Waals surface area contributed by atoms with Crippen molar-refractivity contribution in [3.8, 4) is 0 Å². The van der Waals surface area contributed by atoms with Gasteiger partial charge in [0.15, 0.2) is 0 Å². The minimum atomic E-state index is -0.0250. The Balaban J connectivity index is 3.30. The summed E-state index contributed by atoms with van der Waals surface area (Å²) in [6, 6.07) is 0. The zero-order chi connectivity index (χ0) is 7.11. The summed E-state index contributed by atoms with van der Waals surface area (Å²) < 4.78 is 9.76. The van der Waals surface area contributed by atoms with E-state index >= 15 is 0 Å². The van der Waals surface area contributed by atoms with Crippen molar-refractivity contribution in [2.45, 2.75) is 6.10 Å². The van der Waals surface area contributed by atoms with Gasteiger partial charge in [-0.1, -0.05) is 12.7 Å². The molecule has 0 rings (SSSR count). The van der Waals surface area contributed by atoms with Crippen LogP contribution in [0.2, 0.25) is 0 Å². The maximum Gasteiger partial charge on any atom is 0.117 e. The molecule has 0 bridgehead atoms. The highest BCUT2D eigenvalue weighted by molar-refractivity contribution is 4.79. The summed E-state index contributed by atoms with van der Waals surface area (Å²) in [4.78, 5) is 0. The van der Waals surface area contributed by atoms with Gasteiger partial charge in [-0.2, -0.15) is 0 Å². The topological polar surface area (TPSA) is 18.5 Å². The van der Waals surface area contributed by atoms with Gasteiger partial charge < -0.3 is 9.47 Å². The molecule has 1 unspecified atom stereocenters. The van der Waals surface area contributed by atoms with Crippen LogP contribution in [0.1, 0.15) is 0 Å². The van der Waals surface area contributed by atoms with Crippen LogP contribution in [-0.4, -0.2) is 19.8 Å². The van der Waals surface area contributed by atoms with Gasteiger partial charge in [-0.3, -0.25) is 0 Å². The Morgan fingerprint density at radius 2 is 2.22 bits per heavy atom. The molecule has 0 aromatic carbocycles. The van der Waals surface area contributed by atoms with E-state index in [4.69, 9.17) is 9.47 Å². The molecule has 0 saturated heterocycles. The van der Waals surface area contributed by atoms with Gasteiger partial charge in [-0.15, -0.1) is 6.58 Å². The smallest absolute Gasteiger partial charge is 0.117 e. The first-order valence-corrected chi connectivity index (χ1v) is 2.73. The highest BCUT2D eigenvalue weighted by Gasteiger charge is 1.98. The van der Waals surface area contributed by atoms with E-state index in [2.05, 4.69) is 13.2 Å². The van der Waals surface area contributed by atoms with Crippen molar-refractivity contribution in [1.29, 1.82) is 0 Å². The van der Waals surface area contributed by atoms with Crippen LogP contribution in [0, 0.1) is 0 Å². The molecule has 0 aliphatic heterocycles. The van der Waals surface area contributed by atoms with Gasteiger partial charge in [-0.25, -0.2) is 0 Å². The standard InChI is InChI=1S/C7H12O2/c1-4-7(8-3)6-9-5-2/h4-5,7H,1-2,6H2,3H3. The quantitative estimate of drug-likeness (QED) is 0.411. The maximum atomic E-state index is 4.91. The first-order valence-electron chi connectivity index (χ1n) is 2.73. The molecule has 0 N–H and O–H groups in total. The Bertz CT molecular complexity index is 88.9. The monoisotopic (exact) mass is 128 g/mol. The van der Waals surface area contributed by atoms with E-state index in [0.29, 0.717) is 6.61 Å². The average Bonchev–Trinajstić information content (AvgIpc) is 1.91. The zero-order valence-corrected chi connectivity index (χ0v) is 5.67. The number of hydrogen-bond donors (Lipinski definition) is 0. The summed E-state index contributed by atoms with van der Waals surface area (Å²) in [5.74, 6) is 0. The van der Waals surface area contributed by atoms with Crippen molar-refractivity contribution in [2.24, 2.45) is 0 Å². The highest BCUT2D eigenvalue weighted by Crippen LogP contribution is 1.91. The number of hydrogen-bond acceptors (Lipinski definition) is 2. The van der Waals surface area contributed by atoms with Crippen LogP contribution in [0.5, 0.6) is 0 Å². The molecule has 0 spiro atoms. The van der Waals surface area contributed by atoms with Gasteiger partial charge in [0.2, 0.25) is 0 Å². The number of rotatable bonds is 5. The molecule has 0 heterocycles. The summed E-state index contributed by atoms with van der Waals surface area (Å²) in [5, 5.41) is 0. The Morgan fingerprint density at radius 1 is 1.56 bits per heavy atom. The largest absolute Gasteiger partial charge is 0.499 e. The molecule has 1 atom stereocenters. The van der Waals surface area contributed by atoms with Gasteiger partial charge in [-0.05, 0) is 0 Å². The fourth-order valence-corrected chi connectivity index (χ4v) is 0.395. The Kier molecular flexibility index (Phi) is 4.92. The predicted octanol–water partition coefficient (Wildman–Crippen LogP) is 1.35. The van der Waals surface area contributed by atoms with Crippen LogP contribution in [-0.2, 0) is 9.47 Å². The summed E-state index contributed by atoms with van der Waals surface area (Å²) in [6.07, 6.45) is 3.04. The first-order chi connectivity index (χ1) is 4.35. The summed E-state index contributed by atoms with van der Waals surface area (Å²) in [6.45, 7) is 7.42. The summed E-state index contributed by atoms with van der Waals surface area (Å²) in [5.41, 5.74) is 0. The van der Waals surface area contributed by atoms with Gasteiger partial charge in [0.1, 0.15) is 12.7 Å². The molecule has 0 aliphatic carbocycles. The van der Waals surface area contributed by atoms with Crippen molar-refractivity contribution in [1.82, 2.24) is 0 Å². The van der Waals surface area contributed by atoms with Crippen molar-refractivity contribution in [3.05, 3.63) is 25.5 Å². The maximum absolute atomic E-state index is 4.91. The Morgan fingerprint density at radius 3 is 2.56 bits per heavy atom. The molecule has 2 heteroatoms. The summed E-state index contributed by atoms with van der Waals surface area (Å²) in [7, 11) is 1.61. The fraction of sp³-hybridized carbons (Fsp3) is 0.429. The third kappa shape index (κ3) is 3.79. The minimum absolute atomic E-state index is 0.0250. The second kappa shape index (κ2) is 5.38. The molecule has 0 aliphatic rings. The SMILES string of the molecule is C=COCC(C=C)OC. The molecule has 0 aromatic heterocycles. The molecule has 2 nitrogen and oxygen atoms in total. The van der Waals surface area contributed by atoms with Crippen molar-refractivity contribution >= 4 is 0 Å². The Hall–Kier alpha value is -0.760. The van der Waals surface area contributed by atoms with E-state index in [0.717, 1.165) is 0 Å². The predicted molar refractivity (Wildman–Crippen MR) is 37.1 cm³/mol. The van der Waals surface area contributed by atoms with Crippen LogP contribution in [0.25, 0.3) is 0 Å². The van der Waals surface area contributed by atoms with Gasteiger partial charge in [0.05, 0.1) is 6.26 Å². The third-order valence-electron chi connectivity index (χ3n) is 0.944. The molecule has 0 amide bonds. The van der Waals surface area contributed by atoms with Gasteiger partial charge in [0.25, 0.3) is 0 Å². The fourth-order valence-electron chi connectivity index (χ4n) is 0.395. The second-order valence-electron chi connectivity index (χ2n) is 1.51. The lowest BCUT2D eigenvalue weighted by Gasteiger charge is -2.08.